The number of rotatable bonds is 6. The number of benzene rings is 2. The average molecular weight is 519 g/mol. The molecule has 1 N–H and O–H groups in total. The molecule has 2 aromatic rings. The van der Waals surface area contributed by atoms with E-state index in [0.717, 1.165) is 28.7 Å². The summed E-state index contributed by atoms with van der Waals surface area (Å²) < 4.78 is 39.5. The van der Waals surface area contributed by atoms with Gasteiger partial charge in [0, 0.05) is 16.8 Å². The normalized spacial score (nSPS) is 16.9. The van der Waals surface area contributed by atoms with Gasteiger partial charge in [0.15, 0.2) is 11.5 Å². The van der Waals surface area contributed by atoms with E-state index in [-0.39, 0.29) is 28.4 Å². The van der Waals surface area contributed by atoms with E-state index in [4.69, 9.17) is 26.5 Å². The Morgan fingerprint density at radius 2 is 1.94 bits per heavy atom. The fourth-order valence-electron chi connectivity index (χ4n) is 3.18. The lowest BCUT2D eigenvalue weighted by Gasteiger charge is -2.23. The van der Waals surface area contributed by atoms with Crippen LogP contribution in [0.4, 0.5) is 0 Å². The quantitative estimate of drug-likeness (QED) is 0.454. The highest BCUT2D eigenvalue weighted by Gasteiger charge is 2.41. The van der Waals surface area contributed by atoms with Gasteiger partial charge in [-0.15, -0.1) is 0 Å². The van der Waals surface area contributed by atoms with Crippen LogP contribution in [-0.4, -0.2) is 48.3 Å². The lowest BCUT2D eigenvalue weighted by Crippen LogP contribution is -2.45. The Bertz CT molecular complexity index is 1390. The third-order valence-corrected chi connectivity index (χ3v) is 6.87. The van der Waals surface area contributed by atoms with Crippen LogP contribution in [0, 0.1) is 5.41 Å². The summed E-state index contributed by atoms with van der Waals surface area (Å²) in [5, 5.41) is 8.74. The number of nitrogens with zero attached hydrogens (tertiary/aromatic N) is 3. The maximum atomic E-state index is 12.6. The van der Waals surface area contributed by atoms with Gasteiger partial charge in [-0.05, 0) is 36.8 Å². The van der Waals surface area contributed by atoms with Gasteiger partial charge in [-0.25, -0.2) is 13.3 Å². The van der Waals surface area contributed by atoms with Crippen molar-refractivity contribution in [2.45, 2.75) is 13.5 Å². The summed E-state index contributed by atoms with van der Waals surface area (Å²) in [5.74, 6) is -0.0541. The van der Waals surface area contributed by atoms with Gasteiger partial charge in [0.05, 0.1) is 24.1 Å². The molecule has 2 aromatic carbocycles. The number of aliphatic imine (C=N–C) groups is 1. The van der Waals surface area contributed by atoms with Crippen LogP contribution in [-0.2, 0) is 21.2 Å². The first-order valence-corrected chi connectivity index (χ1v) is 13.0. The number of fused-ring (bicyclic) bond motifs is 1. The number of amidine groups is 3. The second-order valence-electron chi connectivity index (χ2n) is 7.20. The van der Waals surface area contributed by atoms with Crippen molar-refractivity contribution in [3.63, 3.8) is 0 Å². The molecule has 2 heterocycles. The van der Waals surface area contributed by atoms with E-state index in [1.54, 1.807) is 24.3 Å². The lowest BCUT2D eigenvalue weighted by molar-refractivity contribution is -0.114. The Hall–Kier alpha value is -3.15. The van der Waals surface area contributed by atoms with E-state index >= 15 is 0 Å². The Balaban J connectivity index is 1.63. The second kappa shape index (κ2) is 9.61. The maximum absolute atomic E-state index is 12.6. The number of carbonyl (C=O) groups excluding carboxylic acids is 1. The number of hydrogen-bond acceptors (Lipinski definition) is 8. The Kier molecular flexibility index (Phi) is 6.78. The molecular weight excluding hydrogens is 500 g/mol. The minimum absolute atomic E-state index is 0.0332. The first kappa shape index (κ1) is 24.0. The number of ether oxygens (including phenoxy) is 2. The van der Waals surface area contributed by atoms with Gasteiger partial charge in [0.1, 0.15) is 12.4 Å². The van der Waals surface area contributed by atoms with E-state index in [1.807, 2.05) is 25.1 Å². The topological polar surface area (TPSA) is 121 Å². The standard InChI is InChI=1S/C22H19ClN4O5S2/c1-3-31-18-11-13(8-9-17(18)32-12-14-6-4-5-7-16(14)23)10-15-19(24)27-21(25-20(15)28)33-26-22(27)34(2,29)30/h4-11,24H,3,12H2,1-2H3/b15-10-,24-19?. The Labute approximate surface area is 205 Å². The fraction of sp³-hybridized carbons (Fsp3) is 0.182. The summed E-state index contributed by atoms with van der Waals surface area (Å²) in [4.78, 5) is 17.5. The van der Waals surface area contributed by atoms with Crippen molar-refractivity contribution < 1.29 is 22.7 Å². The van der Waals surface area contributed by atoms with Crippen molar-refractivity contribution in [2.24, 2.45) is 9.39 Å². The highest BCUT2D eigenvalue weighted by atomic mass is 35.5. The van der Waals surface area contributed by atoms with E-state index < -0.39 is 15.7 Å². The van der Waals surface area contributed by atoms with Gasteiger partial charge in [-0.1, -0.05) is 35.9 Å². The molecule has 2 aliphatic rings. The molecule has 0 saturated heterocycles. The molecule has 4 rings (SSSR count). The van der Waals surface area contributed by atoms with Crippen molar-refractivity contribution in [3.8, 4) is 11.5 Å². The van der Waals surface area contributed by atoms with Crippen LogP contribution in [0.15, 0.2) is 57.4 Å². The number of halogens is 1. The van der Waals surface area contributed by atoms with E-state index in [1.165, 1.54) is 6.08 Å². The minimum atomic E-state index is -3.72. The average Bonchev–Trinajstić information content (AvgIpc) is 3.22. The van der Waals surface area contributed by atoms with Crippen molar-refractivity contribution in [1.82, 2.24) is 4.90 Å². The highest BCUT2D eigenvalue weighted by molar-refractivity contribution is 8.16. The van der Waals surface area contributed by atoms with Gasteiger partial charge in [0.2, 0.25) is 20.2 Å². The summed E-state index contributed by atoms with van der Waals surface area (Å²) in [7, 11) is -3.72. The number of nitrogens with one attached hydrogen (secondary N) is 1. The molecular formula is C22H19ClN4O5S2. The van der Waals surface area contributed by atoms with Crippen LogP contribution in [0.1, 0.15) is 18.1 Å². The predicted octanol–water partition coefficient (Wildman–Crippen LogP) is 3.94. The van der Waals surface area contributed by atoms with E-state index in [9.17, 15) is 13.2 Å². The maximum Gasteiger partial charge on any atom is 0.283 e. The van der Waals surface area contributed by atoms with Gasteiger partial charge in [0.25, 0.3) is 5.91 Å². The van der Waals surface area contributed by atoms with Crippen LogP contribution >= 0.6 is 23.5 Å². The molecule has 0 saturated carbocycles. The number of carbonyl (C=O) groups is 1. The molecule has 0 aliphatic carbocycles. The van der Waals surface area contributed by atoms with Crippen molar-refractivity contribution in [2.75, 3.05) is 12.9 Å². The van der Waals surface area contributed by atoms with E-state index in [2.05, 4.69) is 9.39 Å². The van der Waals surface area contributed by atoms with Gasteiger partial charge in [-0.2, -0.15) is 9.39 Å². The van der Waals surface area contributed by atoms with Gasteiger partial charge < -0.3 is 9.47 Å². The zero-order valence-electron chi connectivity index (χ0n) is 18.1. The number of hydrogen-bond donors (Lipinski definition) is 1. The fourth-order valence-corrected chi connectivity index (χ4v) is 5.21. The van der Waals surface area contributed by atoms with Crippen LogP contribution in [0.25, 0.3) is 6.08 Å². The van der Waals surface area contributed by atoms with Crippen molar-refractivity contribution in [3.05, 3.63) is 64.2 Å². The first-order chi connectivity index (χ1) is 16.2. The molecule has 0 bridgehead atoms. The van der Waals surface area contributed by atoms with Crippen LogP contribution in [0.5, 0.6) is 11.5 Å². The third-order valence-electron chi connectivity index (χ3n) is 4.75. The lowest BCUT2D eigenvalue weighted by atomic mass is 10.1. The second-order valence-corrected chi connectivity index (χ2v) is 10.2. The van der Waals surface area contributed by atoms with E-state index in [0.29, 0.717) is 28.7 Å². The molecule has 34 heavy (non-hydrogen) atoms. The van der Waals surface area contributed by atoms with Gasteiger partial charge in [-0.3, -0.25) is 10.2 Å². The minimum Gasteiger partial charge on any atom is -0.490 e. The molecule has 1 amide bonds. The zero-order valence-corrected chi connectivity index (χ0v) is 20.5. The zero-order chi connectivity index (χ0) is 24.5. The van der Waals surface area contributed by atoms with Crippen LogP contribution < -0.4 is 9.47 Å². The summed E-state index contributed by atoms with van der Waals surface area (Å²) in [6, 6.07) is 12.4. The van der Waals surface area contributed by atoms with Crippen LogP contribution in [0.2, 0.25) is 5.02 Å². The molecule has 0 unspecified atom stereocenters. The molecule has 12 heteroatoms. The van der Waals surface area contributed by atoms with Gasteiger partial charge >= 0.3 is 0 Å². The summed E-state index contributed by atoms with van der Waals surface area (Å²) >= 11 is 6.94. The smallest absolute Gasteiger partial charge is 0.283 e. The molecule has 0 spiro atoms. The Morgan fingerprint density at radius 3 is 2.65 bits per heavy atom. The SMILES string of the molecule is CCOc1cc(/C=C2/C(=N)N3C(=NC2=O)SN=C3S(C)(=O)=O)ccc1OCc1ccccc1Cl. The summed E-state index contributed by atoms with van der Waals surface area (Å²) in [5.41, 5.74) is 1.29. The predicted molar refractivity (Wildman–Crippen MR) is 133 cm³/mol. The van der Waals surface area contributed by atoms with Crippen LogP contribution in [0.3, 0.4) is 0 Å². The van der Waals surface area contributed by atoms with Crippen molar-refractivity contribution in [1.29, 1.82) is 5.41 Å². The molecule has 9 nitrogen and oxygen atoms in total. The number of sulfone groups is 1. The molecule has 0 fully saturated rings. The molecule has 0 radical (unpaired) electrons. The highest BCUT2D eigenvalue weighted by Crippen LogP contribution is 2.33. The molecule has 0 aromatic heterocycles. The summed E-state index contributed by atoms with van der Waals surface area (Å²) in [6.07, 6.45) is 2.44. The number of amides is 1. The van der Waals surface area contributed by atoms with Crippen molar-refractivity contribution >= 4 is 61.5 Å². The molecule has 2 aliphatic heterocycles. The summed E-state index contributed by atoms with van der Waals surface area (Å²) in [6.45, 7) is 2.45. The molecule has 176 valence electrons. The first-order valence-electron chi connectivity index (χ1n) is 10.0. The Morgan fingerprint density at radius 1 is 1.18 bits per heavy atom. The largest absolute Gasteiger partial charge is 0.490 e. The molecule has 0 atom stereocenters. The third kappa shape index (κ3) is 4.86. The monoisotopic (exact) mass is 518 g/mol.